The normalized spacial score (nSPS) is 21.7. The third-order valence-electron chi connectivity index (χ3n) is 6.78. The highest BCUT2D eigenvalue weighted by Gasteiger charge is 2.39. The molecule has 160 valence electrons. The highest BCUT2D eigenvalue weighted by atomic mass is 16.5. The van der Waals surface area contributed by atoms with E-state index in [9.17, 15) is 0 Å². The highest BCUT2D eigenvalue weighted by molar-refractivity contribution is 5.70. The zero-order valence-corrected chi connectivity index (χ0v) is 19.9. The van der Waals surface area contributed by atoms with Crippen molar-refractivity contribution in [2.45, 2.75) is 73.1 Å². The summed E-state index contributed by atoms with van der Waals surface area (Å²) in [5.74, 6) is 1.96. The Kier molecular flexibility index (Phi) is 5.24. The van der Waals surface area contributed by atoms with Gasteiger partial charge in [-0.25, -0.2) is 0 Å². The van der Waals surface area contributed by atoms with Crippen LogP contribution in [-0.4, -0.2) is 13.1 Å². The lowest BCUT2D eigenvalue weighted by Crippen LogP contribution is -2.46. The summed E-state index contributed by atoms with van der Waals surface area (Å²) < 4.78 is 6.10. The van der Waals surface area contributed by atoms with Crippen LogP contribution in [0.4, 0.5) is 5.69 Å². The van der Waals surface area contributed by atoms with Crippen molar-refractivity contribution in [1.82, 2.24) is 0 Å². The first-order valence-electron chi connectivity index (χ1n) is 11.5. The van der Waals surface area contributed by atoms with Crippen molar-refractivity contribution in [2.75, 3.05) is 18.0 Å². The van der Waals surface area contributed by atoms with Gasteiger partial charge < -0.3 is 9.64 Å². The number of hydrogen-bond donors (Lipinski definition) is 0. The largest absolute Gasteiger partial charge is 0.462 e. The summed E-state index contributed by atoms with van der Waals surface area (Å²) in [6, 6.07) is 4.83. The zero-order chi connectivity index (χ0) is 21.7. The average Bonchev–Trinajstić information content (AvgIpc) is 2.67. The molecule has 3 aliphatic rings. The number of nitrogens with zero attached hydrogens (tertiary/aromatic N) is 1. The Morgan fingerprint density at radius 3 is 2.57 bits per heavy atom. The van der Waals surface area contributed by atoms with Gasteiger partial charge in [-0.15, -0.1) is 0 Å². The summed E-state index contributed by atoms with van der Waals surface area (Å²) in [4.78, 5) is 2.64. The monoisotopic (exact) mass is 403 g/mol. The molecule has 0 N–H and O–H groups in total. The number of anilines is 1. The van der Waals surface area contributed by atoms with Crippen molar-refractivity contribution in [1.29, 1.82) is 0 Å². The smallest absolute Gasteiger partial charge is 0.127 e. The molecule has 4 rings (SSSR count). The summed E-state index contributed by atoms with van der Waals surface area (Å²) in [5, 5.41) is 0. The van der Waals surface area contributed by atoms with Gasteiger partial charge in [0.05, 0.1) is 0 Å². The minimum Gasteiger partial charge on any atom is -0.462 e. The second-order valence-corrected chi connectivity index (χ2v) is 10.9. The van der Waals surface area contributed by atoms with Gasteiger partial charge in [0.1, 0.15) is 11.5 Å². The van der Waals surface area contributed by atoms with E-state index in [4.69, 9.17) is 4.74 Å². The van der Waals surface area contributed by atoms with Gasteiger partial charge in [0.15, 0.2) is 0 Å². The van der Waals surface area contributed by atoms with E-state index in [1.54, 1.807) is 0 Å². The maximum Gasteiger partial charge on any atom is 0.127 e. The first kappa shape index (κ1) is 21.0. The van der Waals surface area contributed by atoms with Crippen molar-refractivity contribution in [2.24, 2.45) is 5.41 Å². The van der Waals surface area contributed by atoms with Gasteiger partial charge in [0.25, 0.3) is 0 Å². The first-order valence-corrected chi connectivity index (χ1v) is 11.5. The topological polar surface area (TPSA) is 12.5 Å². The molecule has 0 unspecified atom stereocenters. The van der Waals surface area contributed by atoms with Crippen molar-refractivity contribution in [3.05, 3.63) is 69.7 Å². The van der Waals surface area contributed by atoms with Crippen LogP contribution in [-0.2, 0) is 16.6 Å². The van der Waals surface area contributed by atoms with Crippen molar-refractivity contribution in [3.63, 3.8) is 0 Å². The van der Waals surface area contributed by atoms with Gasteiger partial charge >= 0.3 is 0 Å². The van der Waals surface area contributed by atoms with Crippen LogP contribution in [0, 0.1) is 5.41 Å². The molecule has 0 radical (unpaired) electrons. The fraction of sp³-hybridized carbons (Fsp3) is 0.500. The maximum atomic E-state index is 6.10. The highest BCUT2D eigenvalue weighted by Crippen LogP contribution is 2.47. The van der Waals surface area contributed by atoms with Crippen LogP contribution in [0.15, 0.2) is 53.0 Å². The van der Waals surface area contributed by atoms with Gasteiger partial charge in [0, 0.05) is 25.2 Å². The van der Waals surface area contributed by atoms with Crippen LogP contribution in [0.5, 0.6) is 0 Å². The third kappa shape index (κ3) is 4.02. The average molecular weight is 404 g/mol. The second kappa shape index (κ2) is 7.48. The van der Waals surface area contributed by atoms with E-state index in [2.05, 4.69) is 89.8 Å². The Morgan fingerprint density at radius 1 is 1.10 bits per heavy atom. The Hall–Kier alpha value is -2.22. The van der Waals surface area contributed by atoms with Crippen LogP contribution >= 0.6 is 0 Å². The first-order chi connectivity index (χ1) is 14.1. The van der Waals surface area contributed by atoms with E-state index in [0.717, 1.165) is 30.9 Å². The molecule has 0 aliphatic carbocycles. The van der Waals surface area contributed by atoms with Crippen molar-refractivity contribution >= 4 is 11.8 Å². The lowest BCUT2D eigenvalue weighted by Gasteiger charge is -2.48. The standard InChI is InChI=1S/C28H37NO/c1-8-23-15-21(19(2)3)16-24(30-23)10-9-20-13-22-17-27(4,5)18-29-12-11-28(6,7)25(14-20)26(22)29/h9-10,13-16H,8,11-12,17-18H2,1-7H3. The second-order valence-electron chi connectivity index (χ2n) is 10.9. The molecule has 0 aromatic heterocycles. The molecule has 0 atom stereocenters. The van der Waals surface area contributed by atoms with E-state index in [1.807, 2.05) is 0 Å². The molecule has 0 saturated heterocycles. The maximum absolute atomic E-state index is 6.10. The third-order valence-corrected chi connectivity index (χ3v) is 6.78. The van der Waals surface area contributed by atoms with E-state index >= 15 is 0 Å². The molecule has 0 amide bonds. The predicted octanol–water partition coefficient (Wildman–Crippen LogP) is 7.31. The molecule has 0 bridgehead atoms. The summed E-state index contributed by atoms with van der Waals surface area (Å²) in [6.45, 7) is 18.4. The fourth-order valence-electron chi connectivity index (χ4n) is 5.05. The number of hydrogen-bond acceptors (Lipinski definition) is 2. The molecular weight excluding hydrogens is 366 g/mol. The predicted molar refractivity (Wildman–Crippen MR) is 129 cm³/mol. The summed E-state index contributed by atoms with van der Waals surface area (Å²) in [6.07, 6.45) is 12.0. The van der Waals surface area contributed by atoms with Crippen molar-refractivity contribution in [3.8, 4) is 0 Å². The van der Waals surface area contributed by atoms with Crippen LogP contribution in [0.25, 0.3) is 6.08 Å². The minimum atomic E-state index is 0.222. The molecular formula is C28H37NO. The Bertz CT molecular complexity index is 980. The van der Waals surface area contributed by atoms with Gasteiger partial charge in [0.2, 0.25) is 0 Å². The van der Waals surface area contributed by atoms with Crippen LogP contribution in [0.1, 0.15) is 78.0 Å². The van der Waals surface area contributed by atoms with Crippen LogP contribution < -0.4 is 4.90 Å². The number of rotatable bonds is 3. The van der Waals surface area contributed by atoms with Gasteiger partial charge in [-0.3, -0.25) is 0 Å². The SMILES string of the molecule is CCC1=CC(=C(C)C)C=C(C=Cc2cc3c4c(c2)C(C)(C)CCN4CC(C)(C)C3)O1. The Morgan fingerprint density at radius 2 is 1.87 bits per heavy atom. The fourth-order valence-corrected chi connectivity index (χ4v) is 5.05. The van der Waals surface area contributed by atoms with E-state index < -0.39 is 0 Å². The lowest BCUT2D eigenvalue weighted by molar-refractivity contribution is 0.304. The molecule has 1 aromatic rings. The molecule has 2 nitrogen and oxygen atoms in total. The van der Waals surface area contributed by atoms with Crippen LogP contribution in [0.2, 0.25) is 0 Å². The molecule has 0 spiro atoms. The summed E-state index contributed by atoms with van der Waals surface area (Å²) >= 11 is 0. The molecule has 0 saturated carbocycles. The Labute approximate surface area is 183 Å². The van der Waals surface area contributed by atoms with Gasteiger partial charge in [-0.05, 0) is 90.1 Å². The molecule has 1 aromatic carbocycles. The number of ether oxygens (including phenoxy) is 1. The molecule has 2 heteroatoms. The zero-order valence-electron chi connectivity index (χ0n) is 19.9. The van der Waals surface area contributed by atoms with Crippen molar-refractivity contribution < 1.29 is 4.74 Å². The molecule has 3 heterocycles. The molecule has 0 fully saturated rings. The minimum absolute atomic E-state index is 0.222. The quantitative estimate of drug-likeness (QED) is 0.524. The van der Waals surface area contributed by atoms with Gasteiger partial charge in [-0.2, -0.15) is 0 Å². The van der Waals surface area contributed by atoms with Gasteiger partial charge in [-0.1, -0.05) is 46.3 Å². The summed E-state index contributed by atoms with van der Waals surface area (Å²) in [7, 11) is 0. The number of benzene rings is 1. The van der Waals surface area contributed by atoms with E-state index in [0.29, 0.717) is 5.41 Å². The molecule has 3 aliphatic heterocycles. The summed E-state index contributed by atoms with van der Waals surface area (Å²) in [5.41, 5.74) is 8.94. The van der Waals surface area contributed by atoms with E-state index in [-0.39, 0.29) is 5.41 Å². The molecule has 30 heavy (non-hydrogen) atoms. The number of allylic oxidation sites excluding steroid dienone is 6. The lowest BCUT2D eigenvalue weighted by atomic mass is 9.71. The van der Waals surface area contributed by atoms with E-state index in [1.165, 1.54) is 46.5 Å². The van der Waals surface area contributed by atoms with Crippen LogP contribution in [0.3, 0.4) is 0 Å². The Balaban J connectivity index is 1.72.